The lowest BCUT2D eigenvalue weighted by Crippen LogP contribution is -2.27. The summed E-state index contributed by atoms with van der Waals surface area (Å²) in [6.45, 7) is 9.09. The van der Waals surface area contributed by atoms with E-state index in [-0.39, 0.29) is 0 Å². The molecule has 1 aromatic rings. The van der Waals surface area contributed by atoms with Gasteiger partial charge in [0.25, 0.3) is 0 Å². The summed E-state index contributed by atoms with van der Waals surface area (Å²) in [6, 6.07) is 4.97. The van der Waals surface area contributed by atoms with Crippen LogP contribution in [0.15, 0.2) is 18.3 Å². The molecule has 0 unspecified atom stereocenters. The molecule has 2 nitrogen and oxygen atoms in total. The minimum absolute atomic E-state index is 0.607. The number of pyridine rings is 1. The molecule has 1 fully saturated rings. The van der Waals surface area contributed by atoms with E-state index in [2.05, 4.69) is 42.1 Å². The maximum atomic E-state index is 4.41. The molecule has 1 saturated heterocycles. The highest BCUT2D eigenvalue weighted by atomic mass is 15.2. The summed E-state index contributed by atoms with van der Waals surface area (Å²) in [5.74, 6) is 0.749. The molecule has 1 atom stereocenters. The van der Waals surface area contributed by atoms with Crippen LogP contribution in [0.25, 0.3) is 0 Å². The second-order valence-corrected chi connectivity index (χ2v) is 5.28. The van der Waals surface area contributed by atoms with E-state index in [1.54, 1.807) is 0 Å². The maximum Gasteiger partial charge on any atom is 0.0372 e. The lowest BCUT2D eigenvalue weighted by molar-refractivity contribution is 0.228. The highest BCUT2D eigenvalue weighted by Crippen LogP contribution is 2.31. The zero-order valence-corrected chi connectivity index (χ0v) is 10.6. The summed E-state index contributed by atoms with van der Waals surface area (Å²) in [7, 11) is 0. The molecule has 0 spiro atoms. The van der Waals surface area contributed by atoms with Crippen LogP contribution in [0.2, 0.25) is 0 Å². The summed E-state index contributed by atoms with van der Waals surface area (Å²) in [4.78, 5) is 7.02. The Labute approximate surface area is 98.7 Å². The second kappa shape index (κ2) is 4.96. The van der Waals surface area contributed by atoms with Gasteiger partial charge >= 0.3 is 0 Å². The van der Waals surface area contributed by atoms with Gasteiger partial charge in [0.2, 0.25) is 0 Å². The van der Waals surface area contributed by atoms with E-state index in [1.807, 2.05) is 6.92 Å². The van der Waals surface area contributed by atoms with E-state index in [4.69, 9.17) is 0 Å². The molecule has 0 aliphatic carbocycles. The quantitative estimate of drug-likeness (QED) is 0.774. The fourth-order valence-electron chi connectivity index (χ4n) is 2.57. The Hall–Kier alpha value is -0.890. The van der Waals surface area contributed by atoms with Gasteiger partial charge in [-0.15, -0.1) is 0 Å². The van der Waals surface area contributed by atoms with Gasteiger partial charge in [0.05, 0.1) is 0 Å². The molecule has 0 bridgehead atoms. The van der Waals surface area contributed by atoms with Crippen LogP contribution < -0.4 is 0 Å². The van der Waals surface area contributed by atoms with Gasteiger partial charge in [-0.25, -0.2) is 0 Å². The smallest absolute Gasteiger partial charge is 0.0372 e. The zero-order chi connectivity index (χ0) is 11.5. The van der Waals surface area contributed by atoms with Crippen LogP contribution >= 0.6 is 0 Å². The largest absolute Gasteiger partial charge is 0.296 e. The second-order valence-electron chi connectivity index (χ2n) is 5.28. The summed E-state index contributed by atoms with van der Waals surface area (Å²) in [6.07, 6.45) is 4.67. The molecule has 0 aromatic carbocycles. The van der Waals surface area contributed by atoms with Crippen molar-refractivity contribution in [3.05, 3.63) is 29.6 Å². The van der Waals surface area contributed by atoms with E-state index < -0.39 is 0 Å². The normalized spacial score (nSPS) is 21.9. The number of aryl methyl sites for hydroxylation is 1. The number of hydrogen-bond donors (Lipinski definition) is 0. The minimum Gasteiger partial charge on any atom is -0.296 e. The third kappa shape index (κ3) is 2.62. The van der Waals surface area contributed by atoms with Crippen molar-refractivity contribution in [1.82, 2.24) is 9.88 Å². The van der Waals surface area contributed by atoms with E-state index in [9.17, 15) is 0 Å². The third-order valence-electron chi connectivity index (χ3n) is 3.28. The van der Waals surface area contributed by atoms with Gasteiger partial charge in [-0.1, -0.05) is 19.9 Å². The topological polar surface area (TPSA) is 16.1 Å². The molecular weight excluding hydrogens is 196 g/mol. The van der Waals surface area contributed by atoms with Gasteiger partial charge < -0.3 is 0 Å². The first kappa shape index (κ1) is 11.6. The van der Waals surface area contributed by atoms with Crippen molar-refractivity contribution in [3.8, 4) is 0 Å². The van der Waals surface area contributed by atoms with Gasteiger partial charge in [0.15, 0.2) is 0 Å². The zero-order valence-electron chi connectivity index (χ0n) is 10.6. The average Bonchev–Trinajstić information content (AvgIpc) is 2.66. The maximum absolute atomic E-state index is 4.41. The Morgan fingerprint density at radius 1 is 1.44 bits per heavy atom. The van der Waals surface area contributed by atoms with Gasteiger partial charge in [0, 0.05) is 24.5 Å². The van der Waals surface area contributed by atoms with Crippen LogP contribution in [0.3, 0.4) is 0 Å². The standard InChI is InChI=1S/C14H22N2/c1-11(2)10-16-8-4-5-14(16)13-7-6-12(3)15-9-13/h6-7,9,11,14H,4-5,8,10H2,1-3H3/t14-/m0/s1. The number of nitrogens with zero attached hydrogens (tertiary/aromatic N) is 2. The molecule has 1 aliphatic rings. The van der Waals surface area contributed by atoms with Gasteiger partial charge in [-0.05, 0) is 43.9 Å². The Morgan fingerprint density at radius 2 is 2.25 bits per heavy atom. The Morgan fingerprint density at radius 3 is 2.88 bits per heavy atom. The molecule has 0 radical (unpaired) electrons. The van der Waals surface area contributed by atoms with Crippen LogP contribution in [0.1, 0.15) is 44.0 Å². The molecule has 2 heteroatoms. The summed E-state index contributed by atoms with van der Waals surface area (Å²) in [5.41, 5.74) is 2.50. The van der Waals surface area contributed by atoms with E-state index >= 15 is 0 Å². The van der Waals surface area contributed by atoms with Crippen LogP contribution in [-0.2, 0) is 0 Å². The van der Waals surface area contributed by atoms with Crippen LogP contribution in [0, 0.1) is 12.8 Å². The van der Waals surface area contributed by atoms with Crippen molar-refractivity contribution in [2.45, 2.75) is 39.7 Å². The van der Waals surface area contributed by atoms with Crippen molar-refractivity contribution < 1.29 is 0 Å². The van der Waals surface area contributed by atoms with Crippen molar-refractivity contribution in [3.63, 3.8) is 0 Å². The average molecular weight is 218 g/mol. The van der Waals surface area contributed by atoms with Gasteiger partial charge in [0.1, 0.15) is 0 Å². The minimum atomic E-state index is 0.607. The summed E-state index contributed by atoms with van der Waals surface area (Å²) in [5, 5.41) is 0. The van der Waals surface area contributed by atoms with Crippen molar-refractivity contribution in [1.29, 1.82) is 0 Å². The van der Waals surface area contributed by atoms with Crippen LogP contribution in [0.5, 0.6) is 0 Å². The van der Waals surface area contributed by atoms with E-state index in [0.29, 0.717) is 6.04 Å². The van der Waals surface area contributed by atoms with Gasteiger partial charge in [-0.2, -0.15) is 0 Å². The molecule has 1 aromatic heterocycles. The highest BCUT2D eigenvalue weighted by Gasteiger charge is 2.26. The van der Waals surface area contributed by atoms with Crippen molar-refractivity contribution in [2.24, 2.45) is 5.92 Å². The Balaban J connectivity index is 2.10. The fraction of sp³-hybridized carbons (Fsp3) is 0.643. The predicted molar refractivity (Wildman–Crippen MR) is 67.4 cm³/mol. The Kier molecular flexibility index (Phi) is 3.59. The molecule has 0 amide bonds. The SMILES string of the molecule is Cc1ccc([C@@H]2CCCN2CC(C)C)cn1. The molecule has 0 N–H and O–H groups in total. The van der Waals surface area contributed by atoms with Crippen molar-refractivity contribution in [2.75, 3.05) is 13.1 Å². The fourth-order valence-corrected chi connectivity index (χ4v) is 2.57. The molecule has 1 aliphatic heterocycles. The first-order valence-electron chi connectivity index (χ1n) is 6.33. The molecule has 2 rings (SSSR count). The third-order valence-corrected chi connectivity index (χ3v) is 3.28. The molecule has 16 heavy (non-hydrogen) atoms. The lowest BCUT2D eigenvalue weighted by Gasteiger charge is -2.26. The number of hydrogen-bond acceptors (Lipinski definition) is 2. The van der Waals surface area contributed by atoms with E-state index in [0.717, 1.165) is 11.6 Å². The summed E-state index contributed by atoms with van der Waals surface area (Å²) >= 11 is 0. The number of aromatic nitrogens is 1. The number of rotatable bonds is 3. The van der Waals surface area contributed by atoms with Gasteiger partial charge in [-0.3, -0.25) is 9.88 Å². The Bertz CT molecular complexity index is 329. The first-order chi connectivity index (χ1) is 7.66. The van der Waals surface area contributed by atoms with Crippen molar-refractivity contribution >= 4 is 0 Å². The molecular formula is C14H22N2. The van der Waals surface area contributed by atoms with Crippen LogP contribution in [-0.4, -0.2) is 23.0 Å². The molecule has 88 valence electrons. The van der Waals surface area contributed by atoms with Crippen LogP contribution in [0.4, 0.5) is 0 Å². The number of likely N-dealkylation sites (tertiary alicyclic amines) is 1. The predicted octanol–water partition coefficient (Wildman–Crippen LogP) is 3.18. The van der Waals surface area contributed by atoms with E-state index in [1.165, 1.54) is 31.5 Å². The monoisotopic (exact) mass is 218 g/mol. The highest BCUT2D eigenvalue weighted by molar-refractivity contribution is 5.18. The molecule has 0 saturated carbocycles. The molecule has 2 heterocycles. The lowest BCUT2D eigenvalue weighted by atomic mass is 10.1. The summed E-state index contributed by atoms with van der Waals surface area (Å²) < 4.78 is 0. The first-order valence-corrected chi connectivity index (χ1v) is 6.33.